The molecule has 11 nitrogen and oxygen atoms in total. The molecule has 4 aliphatic rings. The Hall–Kier alpha value is 0.330. The molecule has 4 fully saturated rings. The zero-order valence-corrected chi connectivity index (χ0v) is 29.5. The Bertz CT molecular complexity index is 1070. The van der Waals surface area contributed by atoms with E-state index >= 15 is 0 Å². The molecule has 242 valence electrons. The van der Waals surface area contributed by atoms with Crippen LogP contribution in [0.2, 0.25) is 0 Å². The minimum absolute atomic E-state index is 0. The van der Waals surface area contributed by atoms with Crippen LogP contribution in [0, 0.1) is 52.3 Å². The number of aliphatic hydroxyl groups is 2. The Labute approximate surface area is 274 Å². The van der Waals surface area contributed by atoms with E-state index in [9.17, 15) is 23.4 Å². The summed E-state index contributed by atoms with van der Waals surface area (Å²) in [6.07, 6.45) is 12.2. The summed E-state index contributed by atoms with van der Waals surface area (Å²) in [6.45, 7) is 9.58. The minimum Gasteiger partial charge on any atom is -0.542 e. The average molecular weight is 650 g/mol. The summed E-state index contributed by atoms with van der Waals surface area (Å²) in [5, 5.41) is 22.1. The third-order valence-corrected chi connectivity index (χ3v) is 12.0. The molecule has 11 atom stereocenters. The van der Waals surface area contributed by atoms with Crippen molar-refractivity contribution in [2.75, 3.05) is 12.3 Å². The third-order valence-electron chi connectivity index (χ3n) is 11.2. The van der Waals surface area contributed by atoms with Crippen LogP contribution in [0.5, 0.6) is 0 Å². The van der Waals surface area contributed by atoms with Crippen molar-refractivity contribution < 1.29 is 75.1 Å². The van der Waals surface area contributed by atoms with E-state index in [0.717, 1.165) is 32.1 Å². The van der Waals surface area contributed by atoms with Crippen molar-refractivity contribution in [3.63, 3.8) is 0 Å². The molecule has 0 aromatic heterocycles. The van der Waals surface area contributed by atoms with Gasteiger partial charge in [-0.2, -0.15) is 23.3 Å². The molecule has 0 aliphatic heterocycles. The molecule has 0 amide bonds. The normalized spacial score (nSPS) is 39.9. The van der Waals surface area contributed by atoms with E-state index in [1.807, 2.05) is 0 Å². The van der Waals surface area contributed by atoms with Gasteiger partial charge < -0.3 is 20.7 Å². The van der Waals surface area contributed by atoms with Crippen molar-refractivity contribution in [3.05, 3.63) is 0 Å². The molecule has 3 unspecified atom stereocenters. The number of nitrogens with two attached hydrogens (primary N) is 1. The predicted molar refractivity (Wildman–Crippen MR) is 156 cm³/mol. The Balaban J connectivity index is 0.000000576. The van der Waals surface area contributed by atoms with Crippen LogP contribution in [-0.2, 0) is 25.3 Å². The zero-order valence-electron chi connectivity index (χ0n) is 25.9. The summed E-state index contributed by atoms with van der Waals surface area (Å²) < 4.78 is 58.9. The first-order valence-corrected chi connectivity index (χ1v) is 17.9. The van der Waals surface area contributed by atoms with Gasteiger partial charge in [-0.3, -0.25) is 19.9 Å². The molecule has 0 radical (unpaired) electrons. The summed E-state index contributed by atoms with van der Waals surface area (Å²) in [7, 11) is -8.47. The van der Waals surface area contributed by atoms with Gasteiger partial charge in [0.15, 0.2) is 0 Å². The van der Waals surface area contributed by atoms with E-state index in [2.05, 4.69) is 34.0 Å². The van der Waals surface area contributed by atoms with Gasteiger partial charge in [0.2, 0.25) is 0 Å². The molecule has 0 heterocycles. The third kappa shape index (κ3) is 9.91. The summed E-state index contributed by atoms with van der Waals surface area (Å²) in [6, 6.07) is 0. The Kier molecular flexibility index (Phi) is 15.6. The van der Waals surface area contributed by atoms with Crippen molar-refractivity contribution in [1.29, 1.82) is 0 Å². The van der Waals surface area contributed by atoms with E-state index < -0.39 is 20.5 Å². The number of hydrogen-bond acceptors (Lipinski definition) is 8. The van der Waals surface area contributed by atoms with Crippen LogP contribution < -0.4 is 35.3 Å². The van der Waals surface area contributed by atoms with Gasteiger partial charge in [-0.1, -0.05) is 40.5 Å². The van der Waals surface area contributed by atoms with E-state index in [4.69, 9.17) is 27.8 Å². The van der Waals surface area contributed by atoms with E-state index in [0.29, 0.717) is 53.3 Å². The first-order valence-electron chi connectivity index (χ1n) is 14.9. The molecule has 4 rings (SSSR count). The van der Waals surface area contributed by atoms with Crippen LogP contribution in [0.4, 0.5) is 0 Å². The predicted octanol–water partition coefficient (Wildman–Crippen LogP) is 0.323. The van der Waals surface area contributed by atoms with Crippen LogP contribution in [0.15, 0.2) is 0 Å². The van der Waals surface area contributed by atoms with Gasteiger partial charge in [-0.25, -0.2) is 0 Å². The van der Waals surface area contributed by atoms with E-state index in [1.54, 1.807) is 0 Å². The molecule has 0 saturated heterocycles. The fourth-order valence-corrected chi connectivity index (χ4v) is 9.87. The number of fused-ring (bicyclic) bond motifs is 5. The molecule has 0 spiro atoms. The van der Waals surface area contributed by atoms with Gasteiger partial charge in [0.05, 0.1) is 18.0 Å². The molecule has 42 heavy (non-hydrogen) atoms. The fourth-order valence-electron chi connectivity index (χ4n) is 9.57. The maximum absolute atomic E-state index is 11.7. The summed E-state index contributed by atoms with van der Waals surface area (Å²) >= 11 is 0. The van der Waals surface area contributed by atoms with Crippen molar-refractivity contribution >= 4 is 26.8 Å². The Morgan fingerprint density at radius 2 is 1.48 bits per heavy atom. The molecular formula is C28H52NNaO10S2. The van der Waals surface area contributed by atoms with Crippen LogP contribution in [0.25, 0.3) is 0 Å². The molecule has 14 heteroatoms. The number of carbonyl (C=O) groups excluding carboxylic acids is 1. The van der Waals surface area contributed by atoms with Crippen molar-refractivity contribution in [2.24, 2.45) is 58.0 Å². The smallest absolute Gasteiger partial charge is 0.542 e. The number of hydrogen-bond donors (Lipinski definition) is 6. The Morgan fingerprint density at radius 1 is 0.929 bits per heavy atom. The van der Waals surface area contributed by atoms with Crippen molar-refractivity contribution in [2.45, 2.75) is 104 Å². The second-order valence-corrected chi connectivity index (χ2v) is 15.8. The molecule has 4 saturated carbocycles. The minimum atomic E-state index is -4.67. The Morgan fingerprint density at radius 3 is 1.95 bits per heavy atom. The molecule has 0 bridgehead atoms. The van der Waals surface area contributed by atoms with Crippen LogP contribution in [0.1, 0.15) is 91.9 Å². The van der Waals surface area contributed by atoms with E-state index in [-0.39, 0.29) is 59.5 Å². The van der Waals surface area contributed by atoms with Crippen LogP contribution >= 0.6 is 0 Å². The molecule has 0 aromatic rings. The van der Waals surface area contributed by atoms with Gasteiger partial charge >= 0.3 is 40.0 Å². The summed E-state index contributed by atoms with van der Waals surface area (Å²) in [5.74, 6) is 3.33. The number of aliphatic hydroxyl groups excluding tert-OH is 2. The quantitative estimate of drug-likeness (QED) is 0.126. The van der Waals surface area contributed by atoms with Crippen LogP contribution in [-0.4, -0.2) is 71.5 Å². The zero-order chi connectivity index (χ0) is 31.4. The van der Waals surface area contributed by atoms with Gasteiger partial charge in [0, 0.05) is 6.54 Å². The van der Waals surface area contributed by atoms with E-state index in [1.165, 1.54) is 25.7 Å². The van der Waals surface area contributed by atoms with Gasteiger partial charge in [-0.15, -0.1) is 0 Å². The van der Waals surface area contributed by atoms with Crippen molar-refractivity contribution in [1.82, 2.24) is 0 Å². The molecule has 4 aliphatic carbocycles. The maximum Gasteiger partial charge on any atom is 1.00 e. The van der Waals surface area contributed by atoms with Gasteiger partial charge in [0.1, 0.15) is 0 Å². The summed E-state index contributed by atoms with van der Waals surface area (Å²) in [5.41, 5.74) is 5.36. The monoisotopic (exact) mass is 649 g/mol. The first-order chi connectivity index (χ1) is 18.8. The van der Waals surface area contributed by atoms with Gasteiger partial charge in [-0.05, 0) is 97.2 Å². The second kappa shape index (κ2) is 16.2. The molecule has 0 aromatic carbocycles. The van der Waals surface area contributed by atoms with Crippen LogP contribution in [0.3, 0.4) is 0 Å². The second-order valence-electron chi connectivity index (χ2n) is 13.3. The fraction of sp³-hybridized carbons (Fsp3) is 0.964. The standard InChI is InChI=1S/C26H43O3.C2H7NO3S.Na.H2O4S/c1-5-18-22-15-17(28)10-12-26(22,4)21-11-13-25(3)19(16(2)7-6-14-27)8-9-20(25)23(21)24(18)29;3-1-2-7(4,5)6;;1-5(2,3)4/h16-24,28-29H,5-13,15H2,1-4H3;1-3H2,(H,4,5,6);;(H2,1,2,3,4)/q-1;;+1;/t16-,17+,18-,19-,20?,21?,22+,23?,24-,25-,26-;;;/m1.../s1. The number of rotatable bonds is 7. The summed E-state index contributed by atoms with van der Waals surface area (Å²) in [4.78, 5) is 10.8. The first kappa shape index (κ1) is 40.4. The average Bonchev–Trinajstić information content (AvgIpc) is 3.20. The molecular weight excluding hydrogens is 597 g/mol. The van der Waals surface area contributed by atoms with Gasteiger partial charge in [0.25, 0.3) is 10.1 Å². The SMILES string of the molecule is CC[C@H]1[C@@H](O)C2C3CC[C@H]([C@H](C)CC[C-]=O)[C@@]3(C)CCC2[C@@]2(C)CC[C@H](O)C[C@@H]12.NCCS(=O)(=O)O.O=S(=O)(O)O.[Na+]. The van der Waals surface area contributed by atoms with Crippen molar-refractivity contribution in [3.8, 4) is 0 Å². The topological polar surface area (TPSA) is 213 Å². The largest absolute Gasteiger partial charge is 1.00 e. The maximum atomic E-state index is 11.7. The molecule has 7 N–H and O–H groups in total.